The molecule has 0 aliphatic heterocycles. The van der Waals surface area contributed by atoms with Gasteiger partial charge in [0.2, 0.25) is 11.8 Å². The predicted octanol–water partition coefficient (Wildman–Crippen LogP) is 4.05. The third kappa shape index (κ3) is 6.07. The molecule has 8 heteroatoms. The lowest BCUT2D eigenvalue weighted by Crippen LogP contribution is -2.33. The molecule has 0 bridgehead atoms. The van der Waals surface area contributed by atoms with Gasteiger partial charge in [-0.2, -0.15) is 13.2 Å². The van der Waals surface area contributed by atoms with Gasteiger partial charge < -0.3 is 10.6 Å². The number of hydrogen-bond acceptors (Lipinski definition) is 2. The van der Waals surface area contributed by atoms with Crippen molar-refractivity contribution in [2.24, 2.45) is 0 Å². The quantitative estimate of drug-likeness (QED) is 0.789. The molecular formula is C18H16ClF3N2O2. The van der Waals surface area contributed by atoms with Crippen LogP contribution in [0.25, 0.3) is 0 Å². The van der Waals surface area contributed by atoms with E-state index in [2.05, 4.69) is 10.6 Å². The van der Waals surface area contributed by atoms with Gasteiger partial charge in [0.05, 0.1) is 17.8 Å². The summed E-state index contributed by atoms with van der Waals surface area (Å²) in [5, 5.41) is 4.43. The van der Waals surface area contributed by atoms with E-state index in [1.807, 2.05) is 30.3 Å². The Bertz CT molecular complexity index is 780. The zero-order chi connectivity index (χ0) is 19.2. The van der Waals surface area contributed by atoms with Crippen LogP contribution >= 0.6 is 11.6 Å². The number of aryl methyl sites for hydroxylation is 1. The molecule has 26 heavy (non-hydrogen) atoms. The molecule has 0 unspecified atom stereocenters. The number of amides is 2. The van der Waals surface area contributed by atoms with E-state index in [4.69, 9.17) is 11.6 Å². The lowest BCUT2D eigenvalue weighted by atomic mass is 10.1. The zero-order valence-electron chi connectivity index (χ0n) is 13.6. The molecule has 0 saturated heterocycles. The molecule has 0 atom stereocenters. The van der Waals surface area contributed by atoms with Gasteiger partial charge in [-0.25, -0.2) is 0 Å². The minimum atomic E-state index is -4.66. The van der Waals surface area contributed by atoms with Crippen LogP contribution < -0.4 is 10.6 Å². The number of benzene rings is 2. The van der Waals surface area contributed by atoms with Crippen molar-refractivity contribution in [3.63, 3.8) is 0 Å². The first-order valence-electron chi connectivity index (χ1n) is 7.73. The molecule has 0 heterocycles. The van der Waals surface area contributed by atoms with Gasteiger partial charge in [0, 0.05) is 11.4 Å². The van der Waals surface area contributed by atoms with Crippen molar-refractivity contribution in [3.05, 3.63) is 64.7 Å². The number of nitrogens with one attached hydrogen (secondary N) is 2. The molecule has 138 valence electrons. The van der Waals surface area contributed by atoms with Crippen LogP contribution in [0.3, 0.4) is 0 Å². The van der Waals surface area contributed by atoms with E-state index in [1.54, 1.807) is 0 Å². The molecule has 0 aliphatic rings. The Morgan fingerprint density at radius 2 is 1.69 bits per heavy atom. The Morgan fingerprint density at radius 1 is 1.00 bits per heavy atom. The average Bonchev–Trinajstić information content (AvgIpc) is 2.59. The van der Waals surface area contributed by atoms with E-state index in [1.165, 1.54) is 6.07 Å². The van der Waals surface area contributed by atoms with Gasteiger partial charge >= 0.3 is 6.18 Å². The molecule has 0 fully saturated rings. The number of hydrogen-bond donors (Lipinski definition) is 2. The highest BCUT2D eigenvalue weighted by Gasteiger charge is 2.34. The summed E-state index contributed by atoms with van der Waals surface area (Å²) in [4.78, 5) is 23.6. The molecule has 2 aromatic rings. The van der Waals surface area contributed by atoms with Crippen molar-refractivity contribution in [3.8, 4) is 0 Å². The van der Waals surface area contributed by atoms with Crippen molar-refractivity contribution < 1.29 is 22.8 Å². The minimum Gasteiger partial charge on any atom is -0.347 e. The number of rotatable bonds is 6. The van der Waals surface area contributed by atoms with E-state index in [9.17, 15) is 22.8 Å². The van der Waals surface area contributed by atoms with E-state index < -0.39 is 29.9 Å². The third-order valence-electron chi connectivity index (χ3n) is 3.49. The smallest absolute Gasteiger partial charge is 0.347 e. The van der Waals surface area contributed by atoms with E-state index >= 15 is 0 Å². The van der Waals surface area contributed by atoms with Crippen molar-refractivity contribution in [1.82, 2.24) is 5.32 Å². The number of halogens is 4. The van der Waals surface area contributed by atoms with E-state index in [0.29, 0.717) is 6.42 Å². The summed E-state index contributed by atoms with van der Waals surface area (Å²) in [6.07, 6.45) is -3.98. The van der Waals surface area contributed by atoms with Crippen LogP contribution in [0.4, 0.5) is 18.9 Å². The molecule has 0 radical (unpaired) electrons. The molecule has 2 rings (SSSR count). The monoisotopic (exact) mass is 384 g/mol. The van der Waals surface area contributed by atoms with Crippen LogP contribution in [0.15, 0.2) is 48.5 Å². The van der Waals surface area contributed by atoms with Gasteiger partial charge in [0.1, 0.15) is 0 Å². The molecule has 2 amide bonds. The Hall–Kier alpha value is -2.54. The minimum absolute atomic E-state index is 0.0930. The molecule has 0 aromatic heterocycles. The van der Waals surface area contributed by atoms with Crippen LogP contribution in [-0.4, -0.2) is 18.4 Å². The van der Waals surface area contributed by atoms with E-state index in [-0.39, 0.29) is 17.4 Å². The number of carbonyl (C=O) groups is 2. The van der Waals surface area contributed by atoms with Crippen LogP contribution in [0.5, 0.6) is 0 Å². The summed E-state index contributed by atoms with van der Waals surface area (Å²) in [5.41, 5.74) is -0.484. The SMILES string of the molecule is O=C(CCc1ccccc1)NCC(=O)Nc1ccc(Cl)cc1C(F)(F)F. The van der Waals surface area contributed by atoms with Crippen LogP contribution in [-0.2, 0) is 22.2 Å². The molecule has 2 aromatic carbocycles. The summed E-state index contributed by atoms with van der Waals surface area (Å²) in [5.74, 6) is -1.12. The van der Waals surface area contributed by atoms with Gasteiger partial charge in [0.25, 0.3) is 0 Å². The fraction of sp³-hybridized carbons (Fsp3) is 0.222. The second-order valence-corrected chi connectivity index (χ2v) is 5.93. The Labute approximate surface area is 153 Å². The van der Waals surface area contributed by atoms with Crippen molar-refractivity contribution in [2.45, 2.75) is 19.0 Å². The zero-order valence-corrected chi connectivity index (χ0v) is 14.3. The highest BCUT2D eigenvalue weighted by molar-refractivity contribution is 6.30. The summed E-state index contributed by atoms with van der Waals surface area (Å²) < 4.78 is 38.9. The maximum Gasteiger partial charge on any atom is 0.418 e. The van der Waals surface area contributed by atoms with Gasteiger partial charge in [-0.15, -0.1) is 0 Å². The lowest BCUT2D eigenvalue weighted by Gasteiger charge is -2.14. The predicted molar refractivity (Wildman–Crippen MR) is 92.9 cm³/mol. The van der Waals surface area contributed by atoms with Gasteiger partial charge in [0.15, 0.2) is 0 Å². The fourth-order valence-corrected chi connectivity index (χ4v) is 2.40. The molecule has 0 aliphatic carbocycles. The van der Waals surface area contributed by atoms with Crippen molar-refractivity contribution in [1.29, 1.82) is 0 Å². The molecule has 0 spiro atoms. The standard InChI is InChI=1S/C18H16ClF3N2O2/c19-13-7-8-15(14(10-13)18(20,21)22)24-17(26)11-23-16(25)9-6-12-4-2-1-3-5-12/h1-5,7-8,10H,6,9,11H2,(H,23,25)(H,24,26). The third-order valence-corrected chi connectivity index (χ3v) is 3.73. The second-order valence-electron chi connectivity index (χ2n) is 5.50. The van der Waals surface area contributed by atoms with Crippen LogP contribution in [0.1, 0.15) is 17.5 Å². The maximum absolute atomic E-state index is 13.0. The van der Waals surface area contributed by atoms with Crippen LogP contribution in [0, 0.1) is 0 Å². The first-order chi connectivity index (χ1) is 12.3. The first kappa shape index (κ1) is 19.8. The highest BCUT2D eigenvalue weighted by atomic mass is 35.5. The summed E-state index contributed by atoms with van der Waals surface area (Å²) in [7, 11) is 0. The first-order valence-corrected chi connectivity index (χ1v) is 8.11. The van der Waals surface area contributed by atoms with E-state index in [0.717, 1.165) is 17.7 Å². The molecule has 4 nitrogen and oxygen atoms in total. The Morgan fingerprint density at radius 3 is 2.35 bits per heavy atom. The number of carbonyl (C=O) groups excluding carboxylic acids is 2. The Kier molecular flexibility index (Phi) is 6.63. The highest BCUT2D eigenvalue weighted by Crippen LogP contribution is 2.36. The van der Waals surface area contributed by atoms with Crippen molar-refractivity contribution in [2.75, 3.05) is 11.9 Å². The molecular weight excluding hydrogens is 369 g/mol. The van der Waals surface area contributed by atoms with Crippen molar-refractivity contribution >= 4 is 29.1 Å². The summed E-state index contributed by atoms with van der Waals surface area (Å²) in [6, 6.07) is 12.4. The summed E-state index contributed by atoms with van der Waals surface area (Å²) in [6.45, 7) is -0.423. The number of alkyl halides is 3. The summed E-state index contributed by atoms with van der Waals surface area (Å²) >= 11 is 5.58. The van der Waals surface area contributed by atoms with Gasteiger partial charge in [-0.1, -0.05) is 41.9 Å². The average molecular weight is 385 g/mol. The largest absolute Gasteiger partial charge is 0.418 e. The fourth-order valence-electron chi connectivity index (χ4n) is 2.22. The topological polar surface area (TPSA) is 58.2 Å². The molecule has 0 saturated carbocycles. The lowest BCUT2D eigenvalue weighted by molar-refractivity contribution is -0.137. The molecule has 2 N–H and O–H groups in total. The van der Waals surface area contributed by atoms with Crippen LogP contribution in [0.2, 0.25) is 5.02 Å². The van der Waals surface area contributed by atoms with Gasteiger partial charge in [-0.3, -0.25) is 9.59 Å². The second kappa shape index (κ2) is 8.71. The number of anilines is 1. The normalized spacial score (nSPS) is 11.1. The Balaban J connectivity index is 1.86. The maximum atomic E-state index is 13.0. The van der Waals surface area contributed by atoms with Gasteiger partial charge in [-0.05, 0) is 30.2 Å².